The number of pyridine rings is 1. The lowest BCUT2D eigenvalue weighted by molar-refractivity contribution is 0.0482. The molecule has 0 N–H and O–H groups in total. The van der Waals surface area contributed by atoms with Gasteiger partial charge in [0.2, 0.25) is 0 Å². The van der Waals surface area contributed by atoms with Crippen LogP contribution in [0.4, 0.5) is 5.82 Å². The lowest BCUT2D eigenvalue weighted by atomic mass is 10.0. The van der Waals surface area contributed by atoms with E-state index in [1.165, 1.54) is 0 Å². The smallest absolute Gasteiger partial charge is 0.341 e. The highest BCUT2D eigenvalue weighted by molar-refractivity contribution is 6.15. The van der Waals surface area contributed by atoms with Crippen LogP contribution in [0.3, 0.4) is 0 Å². The molecule has 0 spiro atoms. The van der Waals surface area contributed by atoms with Crippen LogP contribution in [0.15, 0.2) is 60.8 Å². The number of hydrogen-bond donors (Lipinski definition) is 0. The zero-order valence-electron chi connectivity index (χ0n) is 20.8. The summed E-state index contributed by atoms with van der Waals surface area (Å²) in [6, 6.07) is 17.1. The molecular weight excluding hydrogens is 472 g/mol. The minimum Gasteiger partial charge on any atom is -0.462 e. The van der Waals surface area contributed by atoms with Crippen LogP contribution in [-0.2, 0) is 14.2 Å². The van der Waals surface area contributed by atoms with Gasteiger partial charge in [-0.25, -0.2) is 14.1 Å². The quantitative estimate of drug-likeness (QED) is 0.348. The van der Waals surface area contributed by atoms with Crippen molar-refractivity contribution in [2.45, 2.75) is 13.8 Å². The molecule has 0 radical (unpaired) electrons. The molecule has 3 aromatic heterocycles. The topological polar surface area (TPSA) is 95.3 Å². The second-order valence-electron chi connectivity index (χ2n) is 8.40. The van der Waals surface area contributed by atoms with Crippen LogP contribution in [0.2, 0.25) is 0 Å². The minimum absolute atomic E-state index is 0.0859. The number of aromatic nitrogens is 3. The van der Waals surface area contributed by atoms with E-state index in [1.807, 2.05) is 42.5 Å². The molecule has 0 atom stereocenters. The molecule has 5 rings (SSSR count). The van der Waals surface area contributed by atoms with Gasteiger partial charge in [-0.2, -0.15) is 0 Å². The zero-order valence-corrected chi connectivity index (χ0v) is 20.8. The first-order chi connectivity index (χ1) is 18.1. The summed E-state index contributed by atoms with van der Waals surface area (Å²) in [7, 11) is 0. The maximum Gasteiger partial charge on any atom is 0.341 e. The Hall–Kier alpha value is -4.24. The van der Waals surface area contributed by atoms with E-state index in [9.17, 15) is 9.59 Å². The van der Waals surface area contributed by atoms with E-state index in [0.717, 1.165) is 11.1 Å². The first kappa shape index (κ1) is 24.5. The predicted octanol–water partition coefficient (Wildman–Crippen LogP) is 4.25. The van der Waals surface area contributed by atoms with Gasteiger partial charge >= 0.3 is 11.9 Å². The van der Waals surface area contributed by atoms with Crippen molar-refractivity contribution in [2.24, 2.45) is 0 Å². The van der Waals surface area contributed by atoms with Crippen LogP contribution in [0.5, 0.6) is 0 Å². The Morgan fingerprint density at radius 1 is 0.919 bits per heavy atom. The number of morpholine rings is 1. The Morgan fingerprint density at radius 3 is 2.24 bits per heavy atom. The van der Waals surface area contributed by atoms with Crippen molar-refractivity contribution in [3.63, 3.8) is 0 Å². The number of carbonyl (C=O) groups excluding carboxylic acids is 2. The molecule has 1 saturated heterocycles. The van der Waals surface area contributed by atoms with Crippen LogP contribution in [-0.4, -0.2) is 66.1 Å². The zero-order chi connectivity index (χ0) is 25.8. The van der Waals surface area contributed by atoms with Crippen molar-refractivity contribution < 1.29 is 23.8 Å². The fourth-order valence-corrected chi connectivity index (χ4v) is 4.57. The molecule has 0 aliphatic carbocycles. The minimum atomic E-state index is -0.636. The van der Waals surface area contributed by atoms with Gasteiger partial charge in [-0.15, -0.1) is 5.10 Å². The lowest BCUT2D eigenvalue weighted by Crippen LogP contribution is -2.37. The first-order valence-electron chi connectivity index (χ1n) is 12.4. The fourth-order valence-electron chi connectivity index (χ4n) is 4.57. The first-order valence-corrected chi connectivity index (χ1v) is 12.4. The molecule has 37 heavy (non-hydrogen) atoms. The van der Waals surface area contributed by atoms with Crippen molar-refractivity contribution >= 4 is 23.3 Å². The van der Waals surface area contributed by atoms with Gasteiger partial charge in [-0.3, -0.25) is 4.98 Å². The van der Waals surface area contributed by atoms with Gasteiger partial charge in [0, 0.05) is 24.8 Å². The van der Waals surface area contributed by atoms with Crippen molar-refractivity contribution in [1.82, 2.24) is 14.6 Å². The maximum absolute atomic E-state index is 13.5. The third-order valence-corrected chi connectivity index (χ3v) is 6.16. The number of hydrogen-bond acceptors (Lipinski definition) is 8. The number of rotatable bonds is 7. The molecule has 1 fully saturated rings. The van der Waals surface area contributed by atoms with E-state index in [4.69, 9.17) is 19.3 Å². The van der Waals surface area contributed by atoms with E-state index < -0.39 is 11.9 Å². The number of anilines is 1. The number of esters is 2. The highest BCUT2D eigenvalue weighted by Gasteiger charge is 2.34. The van der Waals surface area contributed by atoms with E-state index in [2.05, 4.69) is 9.88 Å². The van der Waals surface area contributed by atoms with E-state index in [-0.39, 0.29) is 24.3 Å². The molecule has 190 valence electrons. The van der Waals surface area contributed by atoms with Gasteiger partial charge in [-0.05, 0) is 37.6 Å². The Morgan fingerprint density at radius 2 is 1.59 bits per heavy atom. The molecule has 1 aromatic carbocycles. The number of fused-ring (bicyclic) bond motifs is 1. The van der Waals surface area contributed by atoms with Gasteiger partial charge in [0.25, 0.3) is 0 Å². The summed E-state index contributed by atoms with van der Waals surface area (Å²) < 4.78 is 18.1. The van der Waals surface area contributed by atoms with E-state index >= 15 is 0 Å². The second-order valence-corrected chi connectivity index (χ2v) is 8.40. The van der Waals surface area contributed by atoms with Crippen LogP contribution in [0.25, 0.3) is 28.0 Å². The summed E-state index contributed by atoms with van der Waals surface area (Å²) in [5.41, 5.74) is 3.14. The van der Waals surface area contributed by atoms with Crippen molar-refractivity contribution in [3.8, 4) is 22.5 Å². The normalized spacial score (nSPS) is 13.5. The van der Waals surface area contributed by atoms with Gasteiger partial charge in [0.15, 0.2) is 0 Å². The standard InChI is InChI=1S/C28H28N4O5/c1-3-36-27(33)23-24(28(34)37-4-2)26(21-12-8-9-13-29-21)32-25(23)20(19-10-6-5-7-11-19)18-22(30-32)31-14-16-35-17-15-31/h5-13,18H,3-4,14-17H2,1-2H3. The summed E-state index contributed by atoms with van der Waals surface area (Å²) in [4.78, 5) is 33.6. The number of benzene rings is 1. The van der Waals surface area contributed by atoms with Crippen molar-refractivity contribution in [2.75, 3.05) is 44.4 Å². The van der Waals surface area contributed by atoms with Crippen LogP contribution >= 0.6 is 0 Å². The highest BCUT2D eigenvalue weighted by Crippen LogP contribution is 2.38. The summed E-state index contributed by atoms with van der Waals surface area (Å²) >= 11 is 0. The highest BCUT2D eigenvalue weighted by atomic mass is 16.5. The van der Waals surface area contributed by atoms with Crippen molar-refractivity contribution in [3.05, 3.63) is 71.9 Å². The van der Waals surface area contributed by atoms with E-state index in [0.29, 0.717) is 49.0 Å². The molecule has 1 aliphatic heterocycles. The average molecular weight is 501 g/mol. The van der Waals surface area contributed by atoms with Gasteiger partial charge in [0.1, 0.15) is 22.6 Å². The van der Waals surface area contributed by atoms with Gasteiger partial charge in [-0.1, -0.05) is 36.4 Å². The maximum atomic E-state index is 13.5. The molecule has 9 nitrogen and oxygen atoms in total. The van der Waals surface area contributed by atoms with Gasteiger partial charge < -0.3 is 19.1 Å². The van der Waals surface area contributed by atoms with Gasteiger partial charge in [0.05, 0.1) is 37.6 Å². The van der Waals surface area contributed by atoms with E-state index in [1.54, 1.807) is 36.7 Å². The molecule has 4 heterocycles. The second kappa shape index (κ2) is 10.8. The van der Waals surface area contributed by atoms with Crippen LogP contribution in [0.1, 0.15) is 34.6 Å². The SMILES string of the molecule is CCOC(=O)c1c(C(=O)OCC)c2c(-c3ccccc3)cc(N3CCOCC3)nn2c1-c1ccccn1. The molecule has 9 heteroatoms. The molecule has 0 unspecified atom stereocenters. The predicted molar refractivity (Wildman–Crippen MR) is 139 cm³/mol. The Bertz CT molecular complexity index is 1410. The monoisotopic (exact) mass is 500 g/mol. The van der Waals surface area contributed by atoms with Crippen LogP contribution in [0, 0.1) is 0 Å². The molecule has 4 aromatic rings. The number of nitrogens with zero attached hydrogens (tertiary/aromatic N) is 4. The Labute approximate surface area is 214 Å². The fraction of sp³-hybridized carbons (Fsp3) is 0.286. The lowest BCUT2D eigenvalue weighted by Gasteiger charge is -2.28. The third-order valence-electron chi connectivity index (χ3n) is 6.16. The van der Waals surface area contributed by atoms with Crippen LogP contribution < -0.4 is 4.90 Å². The Balaban J connectivity index is 1.93. The molecule has 1 aliphatic rings. The third kappa shape index (κ3) is 4.65. The Kier molecular flexibility index (Phi) is 7.14. The average Bonchev–Trinajstić information content (AvgIpc) is 3.30. The molecule has 0 amide bonds. The number of ether oxygens (including phenoxy) is 3. The summed E-state index contributed by atoms with van der Waals surface area (Å²) in [5, 5.41) is 4.96. The molecule has 0 saturated carbocycles. The summed E-state index contributed by atoms with van der Waals surface area (Å²) in [5.74, 6) is -0.556. The van der Waals surface area contributed by atoms with Crippen molar-refractivity contribution in [1.29, 1.82) is 0 Å². The largest absolute Gasteiger partial charge is 0.462 e. The molecule has 0 bridgehead atoms. The summed E-state index contributed by atoms with van der Waals surface area (Å²) in [6.45, 7) is 6.26. The summed E-state index contributed by atoms with van der Waals surface area (Å²) in [6.07, 6.45) is 1.64. The molecular formula is C28H28N4O5. The number of carbonyl (C=O) groups is 2.